The quantitative estimate of drug-likeness (QED) is 0.160. The molecule has 0 radical (unpaired) electrons. The summed E-state index contributed by atoms with van der Waals surface area (Å²) >= 11 is 0. The van der Waals surface area contributed by atoms with E-state index in [0.717, 1.165) is 55.5 Å². The summed E-state index contributed by atoms with van der Waals surface area (Å²) in [5.41, 5.74) is 12.1. The maximum Gasteiger partial charge on any atom is 0.143 e. The molecule has 1 aromatic heterocycles. The van der Waals surface area contributed by atoms with Gasteiger partial charge in [-0.2, -0.15) is 0 Å². The standard InChI is InChI=1S/C54H35NO/c1-2-12-37(13-3-1)47-19-8-9-22-51(47)55(43-30-26-36(27-31-43)40-29-32-46-42(34-40)25-24-38-14-4-6-18-45(38)46)44-17-10-16-41(35-44)48-21-11-23-52-53(48)50-33-28-39-15-5-7-20-49(39)54(50)56-52/h1-35H. The molecule has 0 bridgehead atoms. The third-order valence-corrected chi connectivity index (χ3v) is 11.2. The van der Waals surface area contributed by atoms with Gasteiger partial charge in [0.1, 0.15) is 11.2 Å². The average molecular weight is 714 g/mol. The monoisotopic (exact) mass is 713 g/mol. The van der Waals surface area contributed by atoms with E-state index in [1.807, 2.05) is 0 Å². The highest BCUT2D eigenvalue weighted by molar-refractivity contribution is 6.19. The van der Waals surface area contributed by atoms with Crippen LogP contribution in [0.1, 0.15) is 0 Å². The fourth-order valence-corrected chi connectivity index (χ4v) is 8.56. The van der Waals surface area contributed by atoms with Crippen molar-refractivity contribution in [2.75, 3.05) is 4.90 Å². The van der Waals surface area contributed by atoms with Crippen LogP contribution < -0.4 is 4.90 Å². The zero-order valence-electron chi connectivity index (χ0n) is 30.6. The maximum absolute atomic E-state index is 6.59. The fraction of sp³-hybridized carbons (Fsp3) is 0. The van der Waals surface area contributed by atoms with Crippen LogP contribution in [0.5, 0.6) is 0 Å². The Bertz CT molecular complexity index is 3250. The molecule has 0 atom stereocenters. The van der Waals surface area contributed by atoms with Gasteiger partial charge in [0.05, 0.1) is 5.69 Å². The van der Waals surface area contributed by atoms with Gasteiger partial charge < -0.3 is 9.32 Å². The first-order chi connectivity index (χ1) is 27.8. The Morgan fingerprint density at radius 2 is 0.946 bits per heavy atom. The lowest BCUT2D eigenvalue weighted by molar-refractivity contribution is 0.673. The molecule has 262 valence electrons. The molecule has 11 aromatic rings. The van der Waals surface area contributed by atoms with E-state index in [0.29, 0.717) is 0 Å². The van der Waals surface area contributed by atoms with Gasteiger partial charge in [0.25, 0.3) is 0 Å². The molecule has 0 saturated carbocycles. The van der Waals surface area contributed by atoms with Crippen molar-refractivity contribution in [1.29, 1.82) is 0 Å². The van der Waals surface area contributed by atoms with Crippen LogP contribution in [0.2, 0.25) is 0 Å². The number of fused-ring (bicyclic) bond motifs is 8. The van der Waals surface area contributed by atoms with Crippen molar-refractivity contribution in [3.63, 3.8) is 0 Å². The number of hydrogen-bond donors (Lipinski definition) is 0. The molecule has 0 saturated heterocycles. The number of furan rings is 1. The minimum atomic E-state index is 0.892. The van der Waals surface area contributed by atoms with Crippen molar-refractivity contribution in [1.82, 2.24) is 0 Å². The molecule has 11 rings (SSSR count). The summed E-state index contributed by atoms with van der Waals surface area (Å²) in [5, 5.41) is 9.64. The molecular formula is C54H35NO. The van der Waals surface area contributed by atoms with Crippen molar-refractivity contribution in [2.45, 2.75) is 0 Å². The lowest BCUT2D eigenvalue weighted by Gasteiger charge is -2.28. The van der Waals surface area contributed by atoms with E-state index in [4.69, 9.17) is 4.42 Å². The summed E-state index contributed by atoms with van der Waals surface area (Å²) in [6, 6.07) is 76.5. The highest BCUT2D eigenvalue weighted by Gasteiger charge is 2.20. The lowest BCUT2D eigenvalue weighted by atomic mass is 9.96. The topological polar surface area (TPSA) is 16.4 Å². The van der Waals surface area contributed by atoms with Crippen LogP contribution in [0.3, 0.4) is 0 Å². The van der Waals surface area contributed by atoms with Gasteiger partial charge in [-0.25, -0.2) is 0 Å². The summed E-state index contributed by atoms with van der Waals surface area (Å²) in [6.07, 6.45) is 0. The van der Waals surface area contributed by atoms with Gasteiger partial charge in [0.2, 0.25) is 0 Å². The van der Waals surface area contributed by atoms with Gasteiger partial charge in [0.15, 0.2) is 0 Å². The number of para-hydroxylation sites is 1. The molecular weight excluding hydrogens is 679 g/mol. The van der Waals surface area contributed by atoms with Crippen molar-refractivity contribution >= 4 is 71.3 Å². The van der Waals surface area contributed by atoms with Gasteiger partial charge in [0, 0.05) is 33.1 Å². The largest absolute Gasteiger partial charge is 0.455 e. The third-order valence-electron chi connectivity index (χ3n) is 11.2. The molecule has 0 aliphatic rings. The predicted octanol–water partition coefficient (Wildman–Crippen LogP) is 15.5. The Kier molecular flexibility index (Phi) is 7.53. The Labute approximate surface area is 325 Å². The molecule has 0 spiro atoms. The number of anilines is 3. The lowest BCUT2D eigenvalue weighted by Crippen LogP contribution is -2.11. The van der Waals surface area contributed by atoms with Crippen LogP contribution in [-0.4, -0.2) is 0 Å². The van der Waals surface area contributed by atoms with Gasteiger partial charge in [-0.05, 0) is 103 Å². The molecule has 2 nitrogen and oxygen atoms in total. The zero-order valence-corrected chi connectivity index (χ0v) is 30.6. The molecule has 0 aliphatic heterocycles. The summed E-state index contributed by atoms with van der Waals surface area (Å²) in [6.45, 7) is 0. The number of rotatable bonds is 6. The van der Waals surface area contributed by atoms with E-state index in [1.165, 1.54) is 49.2 Å². The molecule has 0 unspecified atom stereocenters. The van der Waals surface area contributed by atoms with Crippen LogP contribution in [0.15, 0.2) is 217 Å². The SMILES string of the molecule is c1ccc(-c2ccccc2N(c2ccc(-c3ccc4c(ccc5ccccc54)c3)cc2)c2cccc(-c3cccc4oc5c6ccccc6ccc5c34)c2)cc1. The van der Waals surface area contributed by atoms with Crippen LogP contribution in [-0.2, 0) is 0 Å². The molecule has 56 heavy (non-hydrogen) atoms. The predicted molar refractivity (Wildman–Crippen MR) is 237 cm³/mol. The Morgan fingerprint density at radius 3 is 1.82 bits per heavy atom. The van der Waals surface area contributed by atoms with Crippen molar-refractivity contribution in [3.05, 3.63) is 212 Å². The van der Waals surface area contributed by atoms with Gasteiger partial charge in [-0.1, -0.05) is 164 Å². The zero-order chi connectivity index (χ0) is 37.0. The molecule has 0 aliphatic carbocycles. The fourth-order valence-electron chi connectivity index (χ4n) is 8.56. The second-order valence-electron chi connectivity index (χ2n) is 14.5. The van der Waals surface area contributed by atoms with E-state index >= 15 is 0 Å². The minimum Gasteiger partial charge on any atom is -0.455 e. The summed E-state index contributed by atoms with van der Waals surface area (Å²) < 4.78 is 6.59. The Morgan fingerprint density at radius 1 is 0.321 bits per heavy atom. The number of benzene rings is 10. The van der Waals surface area contributed by atoms with Crippen LogP contribution >= 0.6 is 0 Å². The maximum atomic E-state index is 6.59. The average Bonchev–Trinajstić information content (AvgIpc) is 3.67. The smallest absolute Gasteiger partial charge is 0.143 e. The van der Waals surface area contributed by atoms with Crippen LogP contribution in [0.4, 0.5) is 17.1 Å². The first kappa shape index (κ1) is 32.0. The van der Waals surface area contributed by atoms with E-state index in [9.17, 15) is 0 Å². The molecule has 1 heterocycles. The second kappa shape index (κ2) is 13.2. The van der Waals surface area contributed by atoms with Gasteiger partial charge in [-0.15, -0.1) is 0 Å². The van der Waals surface area contributed by atoms with Crippen molar-refractivity contribution in [3.8, 4) is 33.4 Å². The Balaban J connectivity index is 1.06. The second-order valence-corrected chi connectivity index (χ2v) is 14.5. The van der Waals surface area contributed by atoms with Crippen LogP contribution in [0, 0.1) is 0 Å². The minimum absolute atomic E-state index is 0.892. The van der Waals surface area contributed by atoms with Crippen molar-refractivity contribution < 1.29 is 4.42 Å². The summed E-state index contributed by atoms with van der Waals surface area (Å²) in [4.78, 5) is 2.39. The van der Waals surface area contributed by atoms with Gasteiger partial charge in [-0.3, -0.25) is 0 Å². The van der Waals surface area contributed by atoms with Crippen molar-refractivity contribution in [2.24, 2.45) is 0 Å². The third kappa shape index (κ3) is 5.34. The normalized spacial score (nSPS) is 11.6. The number of nitrogens with zero attached hydrogens (tertiary/aromatic N) is 1. The van der Waals surface area contributed by atoms with E-state index in [-0.39, 0.29) is 0 Å². The highest BCUT2D eigenvalue weighted by atomic mass is 16.3. The Hall–Kier alpha value is -7.42. The molecule has 10 aromatic carbocycles. The first-order valence-electron chi connectivity index (χ1n) is 19.2. The molecule has 2 heteroatoms. The van der Waals surface area contributed by atoms with E-state index in [1.54, 1.807) is 0 Å². The summed E-state index contributed by atoms with van der Waals surface area (Å²) in [7, 11) is 0. The number of hydrogen-bond acceptors (Lipinski definition) is 2. The van der Waals surface area contributed by atoms with E-state index in [2.05, 4.69) is 217 Å². The molecule has 0 fully saturated rings. The van der Waals surface area contributed by atoms with Gasteiger partial charge >= 0.3 is 0 Å². The first-order valence-corrected chi connectivity index (χ1v) is 19.2. The molecule has 0 N–H and O–H groups in total. The van der Waals surface area contributed by atoms with E-state index < -0.39 is 0 Å². The van der Waals surface area contributed by atoms with Crippen LogP contribution in [0.25, 0.3) is 87.6 Å². The summed E-state index contributed by atoms with van der Waals surface area (Å²) in [5.74, 6) is 0. The highest BCUT2D eigenvalue weighted by Crippen LogP contribution is 2.44. The molecule has 0 amide bonds.